The van der Waals surface area contributed by atoms with Crippen molar-refractivity contribution in [2.24, 2.45) is 0 Å². The van der Waals surface area contributed by atoms with Crippen molar-refractivity contribution < 1.29 is 19.4 Å². The molecule has 2 unspecified atom stereocenters. The van der Waals surface area contributed by atoms with E-state index in [4.69, 9.17) is 9.84 Å². The van der Waals surface area contributed by atoms with E-state index < -0.39 is 17.9 Å². The van der Waals surface area contributed by atoms with Gasteiger partial charge in [-0.2, -0.15) is 0 Å². The molecule has 0 saturated carbocycles. The van der Waals surface area contributed by atoms with Crippen LogP contribution in [0.25, 0.3) is 0 Å². The summed E-state index contributed by atoms with van der Waals surface area (Å²) in [6.07, 6.45) is 0.316. The number of rotatable bonds is 5. The molecule has 0 bridgehead atoms. The second-order valence-corrected chi connectivity index (χ2v) is 4.62. The van der Waals surface area contributed by atoms with Crippen molar-refractivity contribution in [3.63, 3.8) is 0 Å². The zero-order valence-corrected chi connectivity index (χ0v) is 11.7. The number of aliphatic carboxylic acids is 1. The van der Waals surface area contributed by atoms with Crippen LogP contribution in [0.2, 0.25) is 0 Å². The van der Waals surface area contributed by atoms with Gasteiger partial charge in [-0.1, -0.05) is 13.0 Å². The lowest BCUT2D eigenvalue weighted by Gasteiger charge is -2.15. The summed E-state index contributed by atoms with van der Waals surface area (Å²) in [7, 11) is 0. The van der Waals surface area contributed by atoms with Crippen LogP contribution in [-0.4, -0.2) is 28.1 Å². The number of nitrogens with zero attached hydrogens (tertiary/aromatic N) is 1. The molecule has 5 nitrogen and oxygen atoms in total. The SMILES string of the molecule is CCC(C)OC(=O)C(C(=O)O)c1cccc(Br)n1. The zero-order valence-electron chi connectivity index (χ0n) is 10.1. The van der Waals surface area contributed by atoms with Crippen LogP contribution < -0.4 is 0 Å². The molecule has 0 radical (unpaired) electrons. The number of carboxylic acid groups (broad SMARTS) is 1. The zero-order chi connectivity index (χ0) is 13.7. The maximum absolute atomic E-state index is 11.8. The predicted octanol–water partition coefficient (Wildman–Crippen LogP) is 2.35. The summed E-state index contributed by atoms with van der Waals surface area (Å²) in [4.78, 5) is 27.0. The molecule has 1 aromatic heterocycles. The summed E-state index contributed by atoms with van der Waals surface area (Å²) in [5, 5.41) is 9.12. The Morgan fingerprint density at radius 1 is 1.50 bits per heavy atom. The number of aromatic nitrogens is 1. The number of esters is 1. The van der Waals surface area contributed by atoms with Crippen molar-refractivity contribution in [3.8, 4) is 0 Å². The van der Waals surface area contributed by atoms with Gasteiger partial charge in [-0.3, -0.25) is 9.59 Å². The first-order valence-electron chi connectivity index (χ1n) is 5.51. The molecular weight excluding hydrogens is 302 g/mol. The van der Waals surface area contributed by atoms with Crippen LogP contribution in [0.4, 0.5) is 0 Å². The Morgan fingerprint density at radius 2 is 2.17 bits per heavy atom. The molecule has 1 aromatic rings. The smallest absolute Gasteiger partial charge is 0.326 e. The maximum Gasteiger partial charge on any atom is 0.326 e. The normalized spacial score (nSPS) is 13.7. The van der Waals surface area contributed by atoms with Gasteiger partial charge in [-0.25, -0.2) is 4.98 Å². The van der Waals surface area contributed by atoms with Crippen LogP contribution in [0.5, 0.6) is 0 Å². The molecule has 0 spiro atoms. The van der Waals surface area contributed by atoms with Crippen LogP contribution in [0.15, 0.2) is 22.8 Å². The number of ether oxygens (including phenoxy) is 1. The lowest BCUT2D eigenvalue weighted by molar-refractivity contribution is -0.157. The van der Waals surface area contributed by atoms with E-state index in [9.17, 15) is 9.59 Å². The van der Waals surface area contributed by atoms with Crippen molar-refractivity contribution in [2.45, 2.75) is 32.3 Å². The Hall–Kier alpha value is -1.43. The first-order valence-corrected chi connectivity index (χ1v) is 6.30. The quantitative estimate of drug-likeness (QED) is 0.513. The number of halogens is 1. The summed E-state index contributed by atoms with van der Waals surface area (Å²) < 4.78 is 5.52. The number of pyridine rings is 1. The third kappa shape index (κ3) is 3.80. The largest absolute Gasteiger partial charge is 0.480 e. The molecule has 1 rings (SSSR count). The van der Waals surface area contributed by atoms with Gasteiger partial charge in [0.05, 0.1) is 11.8 Å². The minimum Gasteiger partial charge on any atom is -0.480 e. The summed E-state index contributed by atoms with van der Waals surface area (Å²) in [5.74, 6) is -3.45. The molecule has 1 heterocycles. The molecule has 0 aromatic carbocycles. The van der Waals surface area contributed by atoms with Gasteiger partial charge in [0.25, 0.3) is 0 Å². The van der Waals surface area contributed by atoms with Gasteiger partial charge < -0.3 is 9.84 Å². The molecule has 18 heavy (non-hydrogen) atoms. The average Bonchev–Trinajstić information content (AvgIpc) is 2.28. The van der Waals surface area contributed by atoms with Crippen LogP contribution in [0, 0.1) is 0 Å². The standard InChI is InChI=1S/C12H14BrNO4/c1-3-7(2)18-12(17)10(11(15)16)8-5-4-6-9(13)14-8/h4-7,10H,3H2,1-2H3,(H,15,16). The van der Waals surface area contributed by atoms with Crippen LogP contribution >= 0.6 is 15.9 Å². The fourth-order valence-corrected chi connectivity index (χ4v) is 1.64. The van der Waals surface area contributed by atoms with E-state index in [0.29, 0.717) is 11.0 Å². The van der Waals surface area contributed by atoms with Crippen molar-refractivity contribution in [3.05, 3.63) is 28.5 Å². The summed E-state index contributed by atoms with van der Waals surface area (Å²) in [5.41, 5.74) is 0.158. The monoisotopic (exact) mass is 315 g/mol. The van der Waals surface area contributed by atoms with E-state index in [1.54, 1.807) is 19.1 Å². The third-order valence-corrected chi connectivity index (χ3v) is 2.85. The number of carboxylic acids is 1. The Kier molecular flexibility index (Phi) is 5.27. The molecule has 0 aliphatic heterocycles. The Bertz CT molecular complexity index is 449. The van der Waals surface area contributed by atoms with Crippen LogP contribution in [0.1, 0.15) is 31.9 Å². The summed E-state index contributed by atoms with van der Waals surface area (Å²) in [6, 6.07) is 4.77. The minimum absolute atomic E-state index is 0.158. The van der Waals surface area contributed by atoms with Gasteiger partial charge in [-0.15, -0.1) is 0 Å². The van der Waals surface area contributed by atoms with E-state index in [-0.39, 0.29) is 11.8 Å². The van der Waals surface area contributed by atoms with Crippen LogP contribution in [0.3, 0.4) is 0 Å². The highest BCUT2D eigenvalue weighted by Gasteiger charge is 2.32. The predicted molar refractivity (Wildman–Crippen MR) is 68.2 cm³/mol. The highest BCUT2D eigenvalue weighted by molar-refractivity contribution is 9.10. The molecule has 2 atom stereocenters. The highest BCUT2D eigenvalue weighted by atomic mass is 79.9. The number of carbonyl (C=O) groups is 2. The van der Waals surface area contributed by atoms with Gasteiger partial charge in [0, 0.05) is 0 Å². The molecular formula is C12H14BrNO4. The molecule has 0 aliphatic rings. The van der Waals surface area contributed by atoms with Crippen molar-refractivity contribution >= 4 is 27.9 Å². The van der Waals surface area contributed by atoms with Crippen molar-refractivity contribution in [1.82, 2.24) is 4.98 Å². The molecule has 0 aliphatic carbocycles. The first-order chi connectivity index (χ1) is 8.45. The second kappa shape index (κ2) is 6.49. The summed E-state index contributed by atoms with van der Waals surface area (Å²) in [6.45, 7) is 3.57. The van der Waals surface area contributed by atoms with Crippen molar-refractivity contribution in [1.29, 1.82) is 0 Å². The number of hydrogen-bond donors (Lipinski definition) is 1. The topological polar surface area (TPSA) is 76.5 Å². The van der Waals surface area contributed by atoms with E-state index in [1.165, 1.54) is 6.07 Å². The third-order valence-electron chi connectivity index (χ3n) is 2.41. The number of hydrogen-bond acceptors (Lipinski definition) is 4. The van der Waals surface area contributed by atoms with Crippen LogP contribution in [-0.2, 0) is 14.3 Å². The lowest BCUT2D eigenvalue weighted by Crippen LogP contribution is -2.27. The fourth-order valence-electron chi connectivity index (χ4n) is 1.28. The highest BCUT2D eigenvalue weighted by Crippen LogP contribution is 2.19. The van der Waals surface area contributed by atoms with Crippen molar-refractivity contribution in [2.75, 3.05) is 0 Å². The second-order valence-electron chi connectivity index (χ2n) is 3.81. The van der Waals surface area contributed by atoms with E-state index >= 15 is 0 Å². The molecule has 0 saturated heterocycles. The molecule has 98 valence electrons. The van der Waals surface area contributed by atoms with E-state index in [2.05, 4.69) is 20.9 Å². The van der Waals surface area contributed by atoms with Gasteiger partial charge in [0.2, 0.25) is 0 Å². The maximum atomic E-state index is 11.8. The average molecular weight is 316 g/mol. The van der Waals surface area contributed by atoms with Gasteiger partial charge in [0.1, 0.15) is 4.60 Å². The summed E-state index contributed by atoms with van der Waals surface area (Å²) >= 11 is 3.14. The molecule has 6 heteroatoms. The minimum atomic E-state index is -1.39. The molecule has 0 fully saturated rings. The number of carbonyl (C=O) groups excluding carboxylic acids is 1. The van der Waals surface area contributed by atoms with Gasteiger partial charge >= 0.3 is 11.9 Å². The van der Waals surface area contributed by atoms with E-state index in [1.807, 2.05) is 6.92 Å². The Labute approximate surface area is 113 Å². The molecule has 1 N–H and O–H groups in total. The Balaban J connectivity index is 2.96. The fraction of sp³-hybridized carbons (Fsp3) is 0.417. The molecule has 0 amide bonds. The first kappa shape index (κ1) is 14.6. The van der Waals surface area contributed by atoms with Gasteiger partial charge in [-0.05, 0) is 41.4 Å². The Morgan fingerprint density at radius 3 is 2.67 bits per heavy atom. The van der Waals surface area contributed by atoms with Gasteiger partial charge in [0.15, 0.2) is 5.92 Å². The lowest BCUT2D eigenvalue weighted by atomic mass is 10.1. The van der Waals surface area contributed by atoms with E-state index in [0.717, 1.165) is 0 Å².